The van der Waals surface area contributed by atoms with Crippen LogP contribution in [0.4, 0.5) is 5.13 Å². The lowest BCUT2D eigenvalue weighted by Gasteiger charge is -2.18. The third-order valence-corrected chi connectivity index (χ3v) is 4.73. The fourth-order valence-electron chi connectivity index (χ4n) is 2.45. The fraction of sp³-hybridized carbons (Fsp3) is 0.714. The van der Waals surface area contributed by atoms with Crippen LogP contribution in [0.25, 0.3) is 0 Å². The van der Waals surface area contributed by atoms with Gasteiger partial charge in [0.25, 0.3) is 0 Å². The molecule has 2 N–H and O–H groups in total. The van der Waals surface area contributed by atoms with Crippen LogP contribution in [0.15, 0.2) is 0 Å². The highest BCUT2D eigenvalue weighted by Crippen LogP contribution is 2.33. The first-order valence-corrected chi connectivity index (χ1v) is 7.97. The molecule has 0 fully saturated rings. The number of anilines is 1. The number of hydrogen-bond acceptors (Lipinski definition) is 4. The standard InChI is InChI=1S/C14H23N3OS.ClH/c1-3-10-6-7-11-12(9-10)19-14(16-11)17-13(18)5-4-8-15-2;/h10,15H,3-9H2,1-2H3,(H,16,17,18);1H. The Balaban J connectivity index is 0.00000200. The molecule has 0 radical (unpaired) electrons. The number of amides is 1. The molecule has 2 rings (SSSR count). The molecule has 20 heavy (non-hydrogen) atoms. The van der Waals surface area contributed by atoms with E-state index in [4.69, 9.17) is 0 Å². The second-order valence-electron chi connectivity index (χ2n) is 5.16. The predicted octanol–water partition coefficient (Wildman–Crippen LogP) is 3.02. The van der Waals surface area contributed by atoms with E-state index >= 15 is 0 Å². The molecule has 4 nitrogen and oxygen atoms in total. The summed E-state index contributed by atoms with van der Waals surface area (Å²) in [5.41, 5.74) is 1.21. The third-order valence-electron chi connectivity index (χ3n) is 3.70. The molecule has 1 aromatic heterocycles. The summed E-state index contributed by atoms with van der Waals surface area (Å²) in [5, 5.41) is 6.76. The molecule has 0 saturated carbocycles. The predicted molar refractivity (Wildman–Crippen MR) is 87.0 cm³/mol. The molecule has 1 heterocycles. The summed E-state index contributed by atoms with van der Waals surface area (Å²) in [5.74, 6) is 0.875. The Hall–Kier alpha value is -0.650. The number of rotatable bonds is 6. The quantitative estimate of drug-likeness (QED) is 0.793. The lowest BCUT2D eigenvalue weighted by Crippen LogP contribution is -2.15. The highest BCUT2D eigenvalue weighted by molar-refractivity contribution is 7.15. The normalized spacial score (nSPS) is 17.2. The number of thiazole rings is 1. The Morgan fingerprint density at radius 3 is 3.00 bits per heavy atom. The van der Waals surface area contributed by atoms with Gasteiger partial charge in [0.1, 0.15) is 0 Å². The monoisotopic (exact) mass is 317 g/mol. The Kier molecular flexibility index (Phi) is 7.48. The molecule has 0 bridgehead atoms. The van der Waals surface area contributed by atoms with Gasteiger partial charge in [-0.15, -0.1) is 23.7 Å². The van der Waals surface area contributed by atoms with Crippen LogP contribution < -0.4 is 10.6 Å². The number of fused-ring (bicyclic) bond motifs is 1. The molecule has 0 aliphatic heterocycles. The number of halogens is 1. The van der Waals surface area contributed by atoms with E-state index in [1.54, 1.807) is 11.3 Å². The zero-order valence-electron chi connectivity index (χ0n) is 12.2. The summed E-state index contributed by atoms with van der Waals surface area (Å²) in [6.45, 7) is 3.13. The molecule has 1 aliphatic carbocycles. The molecule has 0 aromatic carbocycles. The van der Waals surface area contributed by atoms with Crippen LogP contribution in [0.3, 0.4) is 0 Å². The zero-order chi connectivity index (χ0) is 13.7. The van der Waals surface area contributed by atoms with E-state index < -0.39 is 0 Å². The first kappa shape index (κ1) is 17.4. The molecule has 1 aromatic rings. The van der Waals surface area contributed by atoms with Crippen LogP contribution in [0.2, 0.25) is 0 Å². The molecule has 114 valence electrons. The van der Waals surface area contributed by atoms with Gasteiger partial charge in [0.05, 0.1) is 5.69 Å². The van der Waals surface area contributed by atoms with E-state index in [0.29, 0.717) is 6.42 Å². The van der Waals surface area contributed by atoms with Crippen molar-refractivity contribution in [3.8, 4) is 0 Å². The van der Waals surface area contributed by atoms with Gasteiger partial charge in [-0.05, 0) is 45.2 Å². The molecule has 1 aliphatic rings. The second kappa shape index (κ2) is 8.60. The van der Waals surface area contributed by atoms with Gasteiger partial charge < -0.3 is 10.6 Å². The minimum absolute atomic E-state index is 0. The van der Waals surface area contributed by atoms with Gasteiger partial charge in [0, 0.05) is 11.3 Å². The van der Waals surface area contributed by atoms with Gasteiger partial charge in [-0.1, -0.05) is 13.3 Å². The molecule has 1 unspecified atom stereocenters. The minimum Gasteiger partial charge on any atom is -0.320 e. The van der Waals surface area contributed by atoms with Crippen molar-refractivity contribution in [3.63, 3.8) is 0 Å². The molecular weight excluding hydrogens is 294 g/mol. The largest absolute Gasteiger partial charge is 0.320 e. The second-order valence-corrected chi connectivity index (χ2v) is 6.24. The Morgan fingerprint density at radius 1 is 1.50 bits per heavy atom. The number of hydrogen-bond donors (Lipinski definition) is 2. The maximum absolute atomic E-state index is 11.7. The summed E-state index contributed by atoms with van der Waals surface area (Å²) in [6.07, 6.45) is 6.11. The van der Waals surface area contributed by atoms with Crippen molar-refractivity contribution >= 4 is 34.8 Å². The lowest BCUT2D eigenvalue weighted by molar-refractivity contribution is -0.116. The summed E-state index contributed by atoms with van der Waals surface area (Å²) >= 11 is 1.66. The lowest BCUT2D eigenvalue weighted by atomic mass is 9.89. The molecule has 1 amide bonds. The minimum atomic E-state index is 0. The van der Waals surface area contributed by atoms with Crippen LogP contribution in [0, 0.1) is 5.92 Å². The fourth-order valence-corrected chi connectivity index (χ4v) is 3.59. The van der Waals surface area contributed by atoms with E-state index in [2.05, 4.69) is 22.5 Å². The number of carbonyl (C=O) groups excluding carboxylic acids is 1. The van der Waals surface area contributed by atoms with Crippen molar-refractivity contribution in [1.82, 2.24) is 10.3 Å². The van der Waals surface area contributed by atoms with Crippen LogP contribution in [0.1, 0.15) is 43.2 Å². The summed E-state index contributed by atoms with van der Waals surface area (Å²) in [7, 11) is 1.90. The van der Waals surface area contributed by atoms with Gasteiger partial charge >= 0.3 is 0 Å². The van der Waals surface area contributed by atoms with Gasteiger partial charge in [-0.3, -0.25) is 4.79 Å². The first-order valence-electron chi connectivity index (χ1n) is 7.16. The summed E-state index contributed by atoms with van der Waals surface area (Å²) in [4.78, 5) is 17.7. The van der Waals surface area contributed by atoms with Crippen molar-refractivity contribution < 1.29 is 4.79 Å². The molecule has 0 spiro atoms. The van der Waals surface area contributed by atoms with Crippen LogP contribution in [-0.2, 0) is 17.6 Å². The van der Waals surface area contributed by atoms with Gasteiger partial charge in [-0.2, -0.15) is 0 Å². The molecule has 0 saturated heterocycles. The number of aryl methyl sites for hydroxylation is 1. The Labute approximate surface area is 131 Å². The maximum atomic E-state index is 11.7. The van der Waals surface area contributed by atoms with Crippen molar-refractivity contribution in [2.24, 2.45) is 5.92 Å². The highest BCUT2D eigenvalue weighted by atomic mass is 35.5. The van der Waals surface area contributed by atoms with E-state index in [1.807, 2.05) is 7.05 Å². The van der Waals surface area contributed by atoms with Crippen molar-refractivity contribution in [3.05, 3.63) is 10.6 Å². The Morgan fingerprint density at radius 2 is 2.30 bits per heavy atom. The van der Waals surface area contributed by atoms with Crippen LogP contribution in [-0.4, -0.2) is 24.5 Å². The van der Waals surface area contributed by atoms with Crippen LogP contribution >= 0.6 is 23.7 Å². The highest BCUT2D eigenvalue weighted by Gasteiger charge is 2.21. The number of nitrogens with one attached hydrogen (secondary N) is 2. The van der Waals surface area contributed by atoms with Crippen LogP contribution in [0.5, 0.6) is 0 Å². The van der Waals surface area contributed by atoms with Crippen molar-refractivity contribution in [1.29, 1.82) is 0 Å². The van der Waals surface area contributed by atoms with E-state index in [1.165, 1.54) is 23.4 Å². The van der Waals surface area contributed by atoms with Crippen molar-refractivity contribution in [2.45, 2.75) is 45.4 Å². The smallest absolute Gasteiger partial charge is 0.226 e. The van der Waals surface area contributed by atoms with E-state index in [-0.39, 0.29) is 18.3 Å². The molecular formula is C14H24ClN3OS. The zero-order valence-corrected chi connectivity index (χ0v) is 13.8. The Bertz CT molecular complexity index is 436. The van der Waals surface area contributed by atoms with Gasteiger partial charge in [0.15, 0.2) is 5.13 Å². The molecule has 1 atom stereocenters. The maximum Gasteiger partial charge on any atom is 0.226 e. The van der Waals surface area contributed by atoms with Gasteiger partial charge in [-0.25, -0.2) is 4.98 Å². The SMILES string of the molecule is CCC1CCc2nc(NC(=O)CCCNC)sc2C1.Cl. The first-order chi connectivity index (χ1) is 9.22. The van der Waals surface area contributed by atoms with Gasteiger partial charge in [0.2, 0.25) is 5.91 Å². The number of aromatic nitrogens is 1. The average molecular weight is 318 g/mol. The summed E-state index contributed by atoms with van der Waals surface area (Å²) < 4.78 is 0. The van der Waals surface area contributed by atoms with Crippen molar-refractivity contribution in [2.75, 3.05) is 18.9 Å². The van der Waals surface area contributed by atoms with E-state index in [9.17, 15) is 4.79 Å². The number of nitrogens with zero attached hydrogens (tertiary/aromatic N) is 1. The van der Waals surface area contributed by atoms with E-state index in [0.717, 1.165) is 36.9 Å². The number of carbonyl (C=O) groups is 1. The third kappa shape index (κ3) is 4.72. The summed E-state index contributed by atoms with van der Waals surface area (Å²) in [6, 6.07) is 0. The average Bonchev–Trinajstić information content (AvgIpc) is 2.79. The topological polar surface area (TPSA) is 54.0 Å². The molecule has 6 heteroatoms.